The summed E-state index contributed by atoms with van der Waals surface area (Å²) in [4.78, 5) is 15.9. The Bertz CT molecular complexity index is 568. The van der Waals surface area contributed by atoms with Crippen molar-refractivity contribution < 1.29 is 9.90 Å². The molecule has 4 nitrogen and oxygen atoms in total. The van der Waals surface area contributed by atoms with E-state index in [2.05, 4.69) is 10.3 Å². The Morgan fingerprint density at radius 3 is 2.84 bits per heavy atom. The summed E-state index contributed by atoms with van der Waals surface area (Å²) in [5, 5.41) is 12.4. The third-order valence-electron chi connectivity index (χ3n) is 2.76. The molecule has 0 aliphatic rings. The Morgan fingerprint density at radius 1 is 1.32 bits per heavy atom. The lowest BCUT2D eigenvalue weighted by atomic mass is 10.2. The maximum absolute atomic E-state index is 11.8. The molecule has 0 atom stereocenters. The highest BCUT2D eigenvalue weighted by molar-refractivity contribution is 5.92. The van der Waals surface area contributed by atoms with Crippen LogP contribution >= 0.6 is 0 Å². The van der Waals surface area contributed by atoms with E-state index in [1.165, 1.54) is 0 Å². The molecule has 1 amide bonds. The molecule has 2 aromatic rings. The molecule has 1 aromatic carbocycles. The van der Waals surface area contributed by atoms with Crippen molar-refractivity contribution in [3.63, 3.8) is 0 Å². The smallest absolute Gasteiger partial charge is 0.224 e. The number of pyridine rings is 1. The largest absolute Gasteiger partial charge is 0.506 e. The van der Waals surface area contributed by atoms with Crippen LogP contribution in [-0.2, 0) is 11.2 Å². The van der Waals surface area contributed by atoms with Gasteiger partial charge in [-0.25, -0.2) is 0 Å². The zero-order valence-electron chi connectivity index (χ0n) is 10.8. The minimum absolute atomic E-state index is 0.0891. The van der Waals surface area contributed by atoms with Crippen LogP contribution in [-0.4, -0.2) is 16.0 Å². The summed E-state index contributed by atoms with van der Waals surface area (Å²) in [5.74, 6) is -0.0454. The number of hydrogen-bond acceptors (Lipinski definition) is 3. The third-order valence-corrected chi connectivity index (χ3v) is 2.76. The van der Waals surface area contributed by atoms with E-state index in [-0.39, 0.29) is 11.7 Å². The summed E-state index contributed by atoms with van der Waals surface area (Å²) in [6, 6.07) is 10.8. The number of phenolic OH excluding ortho intramolecular Hbond substituents is 1. The molecule has 0 radical (unpaired) electrons. The summed E-state index contributed by atoms with van der Waals surface area (Å²) in [7, 11) is 0. The van der Waals surface area contributed by atoms with Crippen LogP contribution in [0.5, 0.6) is 5.75 Å². The molecule has 0 unspecified atom stereocenters. The van der Waals surface area contributed by atoms with Gasteiger partial charge in [0.15, 0.2) is 0 Å². The molecule has 4 heteroatoms. The standard InChI is InChI=1S/C15H16N2O2/c1-11-5-7-13(14(18)10-11)17-15(19)8-6-12-4-2-3-9-16-12/h2-5,7,9-10,18H,6,8H2,1H3,(H,17,19). The summed E-state index contributed by atoms with van der Waals surface area (Å²) >= 11 is 0. The number of nitrogens with zero attached hydrogens (tertiary/aromatic N) is 1. The molecule has 1 heterocycles. The van der Waals surface area contributed by atoms with Gasteiger partial charge < -0.3 is 10.4 Å². The molecule has 98 valence electrons. The van der Waals surface area contributed by atoms with E-state index in [1.54, 1.807) is 18.3 Å². The van der Waals surface area contributed by atoms with Crippen molar-refractivity contribution in [3.8, 4) is 5.75 Å². The molecule has 0 spiro atoms. The number of amides is 1. The highest BCUT2D eigenvalue weighted by Gasteiger charge is 2.07. The average molecular weight is 256 g/mol. The number of aromatic nitrogens is 1. The van der Waals surface area contributed by atoms with Crippen LogP contribution in [0.25, 0.3) is 0 Å². The van der Waals surface area contributed by atoms with Crippen molar-refractivity contribution in [2.75, 3.05) is 5.32 Å². The van der Waals surface area contributed by atoms with Gasteiger partial charge in [0.2, 0.25) is 5.91 Å². The molecule has 2 rings (SSSR count). The highest BCUT2D eigenvalue weighted by Crippen LogP contribution is 2.23. The second kappa shape index (κ2) is 6.00. The van der Waals surface area contributed by atoms with Crippen LogP contribution in [0.3, 0.4) is 0 Å². The summed E-state index contributed by atoms with van der Waals surface area (Å²) in [6.07, 6.45) is 2.63. The van der Waals surface area contributed by atoms with Crippen LogP contribution in [0, 0.1) is 6.92 Å². The topological polar surface area (TPSA) is 62.2 Å². The second-order valence-electron chi connectivity index (χ2n) is 4.39. The Labute approximate surface area is 112 Å². The van der Waals surface area contributed by atoms with E-state index < -0.39 is 0 Å². The van der Waals surface area contributed by atoms with E-state index in [1.807, 2.05) is 31.2 Å². The predicted octanol–water partition coefficient (Wildman–Crippen LogP) is 2.67. The lowest BCUT2D eigenvalue weighted by molar-refractivity contribution is -0.116. The first-order valence-corrected chi connectivity index (χ1v) is 6.14. The second-order valence-corrected chi connectivity index (χ2v) is 4.39. The minimum atomic E-state index is -0.134. The Balaban J connectivity index is 1.91. The SMILES string of the molecule is Cc1ccc(NC(=O)CCc2ccccn2)c(O)c1. The number of hydrogen-bond donors (Lipinski definition) is 2. The normalized spacial score (nSPS) is 10.2. The fourth-order valence-corrected chi connectivity index (χ4v) is 1.75. The van der Waals surface area contributed by atoms with Gasteiger partial charge in [0.05, 0.1) is 5.69 Å². The molecule has 19 heavy (non-hydrogen) atoms. The molecule has 0 bridgehead atoms. The van der Waals surface area contributed by atoms with Gasteiger partial charge in [-0.2, -0.15) is 0 Å². The van der Waals surface area contributed by atoms with Gasteiger partial charge in [-0.3, -0.25) is 9.78 Å². The first kappa shape index (κ1) is 13.1. The molecule has 0 saturated heterocycles. The molecular formula is C15H16N2O2. The number of benzene rings is 1. The molecule has 0 aliphatic carbocycles. The van der Waals surface area contributed by atoms with Crippen molar-refractivity contribution >= 4 is 11.6 Å². The summed E-state index contributed by atoms with van der Waals surface area (Å²) in [5.41, 5.74) is 2.27. The number of rotatable bonds is 4. The lowest BCUT2D eigenvalue weighted by Crippen LogP contribution is -2.12. The van der Waals surface area contributed by atoms with Gasteiger partial charge in [-0.15, -0.1) is 0 Å². The van der Waals surface area contributed by atoms with Gasteiger partial charge in [-0.1, -0.05) is 12.1 Å². The number of nitrogens with one attached hydrogen (secondary N) is 1. The fraction of sp³-hybridized carbons (Fsp3) is 0.200. The lowest BCUT2D eigenvalue weighted by Gasteiger charge is -2.07. The number of anilines is 1. The molecule has 0 aliphatic heterocycles. The van der Waals surface area contributed by atoms with Gasteiger partial charge in [0.25, 0.3) is 0 Å². The first-order valence-electron chi connectivity index (χ1n) is 6.14. The van der Waals surface area contributed by atoms with Gasteiger partial charge in [0.1, 0.15) is 5.75 Å². The van der Waals surface area contributed by atoms with Crippen LogP contribution < -0.4 is 5.32 Å². The van der Waals surface area contributed by atoms with Gasteiger partial charge >= 0.3 is 0 Å². The van der Waals surface area contributed by atoms with Crippen molar-refractivity contribution in [2.45, 2.75) is 19.8 Å². The number of phenols is 1. The Hall–Kier alpha value is -2.36. The molecule has 0 fully saturated rings. The zero-order valence-corrected chi connectivity index (χ0v) is 10.8. The fourth-order valence-electron chi connectivity index (χ4n) is 1.75. The predicted molar refractivity (Wildman–Crippen MR) is 74.0 cm³/mol. The van der Waals surface area contributed by atoms with E-state index in [9.17, 15) is 9.90 Å². The minimum Gasteiger partial charge on any atom is -0.506 e. The molecular weight excluding hydrogens is 240 g/mol. The van der Waals surface area contributed by atoms with Crippen molar-refractivity contribution in [3.05, 3.63) is 53.9 Å². The van der Waals surface area contributed by atoms with Gasteiger partial charge in [0, 0.05) is 18.3 Å². The van der Waals surface area contributed by atoms with Crippen LogP contribution in [0.15, 0.2) is 42.6 Å². The van der Waals surface area contributed by atoms with Crippen LogP contribution in [0.1, 0.15) is 17.7 Å². The Morgan fingerprint density at radius 2 is 2.16 bits per heavy atom. The zero-order chi connectivity index (χ0) is 13.7. The average Bonchev–Trinajstić information content (AvgIpc) is 2.41. The third kappa shape index (κ3) is 3.81. The van der Waals surface area contributed by atoms with Crippen molar-refractivity contribution in [1.29, 1.82) is 0 Å². The van der Waals surface area contributed by atoms with Crippen LogP contribution in [0.2, 0.25) is 0 Å². The van der Waals surface area contributed by atoms with Crippen molar-refractivity contribution in [2.24, 2.45) is 0 Å². The molecule has 2 N–H and O–H groups in total. The summed E-state index contributed by atoms with van der Waals surface area (Å²) in [6.45, 7) is 1.88. The maximum Gasteiger partial charge on any atom is 0.224 e. The van der Waals surface area contributed by atoms with E-state index >= 15 is 0 Å². The number of aromatic hydroxyl groups is 1. The van der Waals surface area contributed by atoms with E-state index in [4.69, 9.17) is 0 Å². The van der Waals surface area contributed by atoms with Crippen LogP contribution in [0.4, 0.5) is 5.69 Å². The molecule has 0 saturated carbocycles. The van der Waals surface area contributed by atoms with Gasteiger partial charge in [-0.05, 0) is 43.2 Å². The highest BCUT2D eigenvalue weighted by atomic mass is 16.3. The van der Waals surface area contributed by atoms with E-state index in [0.29, 0.717) is 18.5 Å². The first-order chi connectivity index (χ1) is 9.15. The number of carbonyl (C=O) groups is 1. The quantitative estimate of drug-likeness (QED) is 0.827. The van der Waals surface area contributed by atoms with Crippen molar-refractivity contribution in [1.82, 2.24) is 4.98 Å². The number of carbonyl (C=O) groups excluding carboxylic acids is 1. The number of aryl methyl sites for hydroxylation is 2. The van der Waals surface area contributed by atoms with E-state index in [0.717, 1.165) is 11.3 Å². The maximum atomic E-state index is 11.8. The monoisotopic (exact) mass is 256 g/mol. The molecule has 1 aromatic heterocycles. The summed E-state index contributed by atoms with van der Waals surface area (Å²) < 4.78 is 0. The Kier molecular flexibility index (Phi) is 4.13.